The van der Waals surface area contributed by atoms with Gasteiger partial charge >= 0.3 is 0 Å². The normalized spacial score (nSPS) is 12.8. The van der Waals surface area contributed by atoms with E-state index in [0.717, 1.165) is 12.8 Å². The van der Waals surface area contributed by atoms with Crippen molar-refractivity contribution in [2.45, 2.75) is 110 Å². The molecule has 53 heavy (non-hydrogen) atoms. The van der Waals surface area contributed by atoms with Crippen LogP contribution in [0.2, 0.25) is 0 Å². The van der Waals surface area contributed by atoms with Crippen molar-refractivity contribution in [2.75, 3.05) is 0 Å². The molecule has 270 valence electrons. The van der Waals surface area contributed by atoms with E-state index in [1.165, 1.54) is 131 Å². The maximum atomic E-state index is 2.67. The zero-order valence-electron chi connectivity index (χ0n) is 32.7. The molecule has 0 nitrogen and oxygen atoms in total. The first-order valence-electron chi connectivity index (χ1n) is 20.8. The number of hydrogen-bond donors (Lipinski definition) is 0. The smallest absolute Gasteiger partial charge is 0.0215 e. The second kappa shape index (κ2) is 17.0. The molecule has 0 spiro atoms. The highest BCUT2D eigenvalue weighted by Gasteiger charge is 2.42. The minimum absolute atomic E-state index is 0.0442. The summed E-state index contributed by atoms with van der Waals surface area (Å²) in [5.74, 6) is 0. The molecule has 0 radical (unpaired) electrons. The van der Waals surface area contributed by atoms with Gasteiger partial charge in [-0.25, -0.2) is 0 Å². The van der Waals surface area contributed by atoms with Gasteiger partial charge in [0.1, 0.15) is 0 Å². The van der Waals surface area contributed by atoms with Gasteiger partial charge < -0.3 is 0 Å². The minimum atomic E-state index is 0.0442. The Kier molecular flexibility index (Phi) is 11.7. The van der Waals surface area contributed by atoms with Gasteiger partial charge in [-0.1, -0.05) is 206 Å². The SMILES string of the molecule is CCCCCCC1(CCCCCC)c2ccccc2-c2ccc(-c3c(CC)c(-c4ccccc4)c(-c4ccccc4)c(CC)c3-c3ccccc3)cc21. The zero-order valence-corrected chi connectivity index (χ0v) is 32.7. The van der Waals surface area contributed by atoms with Crippen molar-refractivity contribution >= 4 is 0 Å². The highest BCUT2D eigenvalue weighted by Crippen LogP contribution is 2.56. The third-order valence-electron chi connectivity index (χ3n) is 12.1. The molecule has 6 aromatic carbocycles. The summed E-state index contributed by atoms with van der Waals surface area (Å²) in [5, 5.41) is 0. The molecule has 0 saturated carbocycles. The molecule has 0 heterocycles. The first kappa shape index (κ1) is 36.7. The lowest BCUT2D eigenvalue weighted by atomic mass is 9.69. The molecule has 1 aliphatic carbocycles. The molecule has 0 N–H and O–H groups in total. The minimum Gasteiger partial charge on any atom is -0.0654 e. The van der Waals surface area contributed by atoms with Crippen molar-refractivity contribution in [3.63, 3.8) is 0 Å². The average Bonchev–Trinajstić information content (AvgIpc) is 3.49. The Bertz CT molecular complexity index is 2090. The number of rotatable bonds is 16. The summed E-state index contributed by atoms with van der Waals surface area (Å²) in [6, 6.07) is 50.7. The molecule has 1 aliphatic rings. The van der Waals surface area contributed by atoms with Crippen LogP contribution in [0.5, 0.6) is 0 Å². The van der Waals surface area contributed by atoms with Crippen LogP contribution in [-0.4, -0.2) is 0 Å². The highest BCUT2D eigenvalue weighted by molar-refractivity contribution is 6.02. The molecule has 0 aliphatic heterocycles. The van der Waals surface area contributed by atoms with Crippen LogP contribution in [-0.2, 0) is 18.3 Å². The van der Waals surface area contributed by atoms with E-state index >= 15 is 0 Å². The van der Waals surface area contributed by atoms with E-state index in [2.05, 4.69) is 161 Å². The van der Waals surface area contributed by atoms with Crippen LogP contribution in [0.15, 0.2) is 133 Å². The van der Waals surface area contributed by atoms with Crippen LogP contribution in [0, 0.1) is 0 Å². The van der Waals surface area contributed by atoms with Gasteiger partial charge in [0.15, 0.2) is 0 Å². The Morgan fingerprint density at radius 2 is 0.774 bits per heavy atom. The summed E-state index contributed by atoms with van der Waals surface area (Å²) >= 11 is 0. The molecule has 0 aromatic heterocycles. The third-order valence-corrected chi connectivity index (χ3v) is 12.1. The van der Waals surface area contributed by atoms with E-state index in [0.29, 0.717) is 0 Å². The molecule has 0 heteroatoms. The molecule has 0 atom stereocenters. The van der Waals surface area contributed by atoms with E-state index in [4.69, 9.17) is 0 Å². The van der Waals surface area contributed by atoms with Crippen LogP contribution in [0.1, 0.15) is 114 Å². The molecule has 0 unspecified atom stereocenters. The zero-order chi connectivity index (χ0) is 36.6. The molecule has 0 saturated heterocycles. The van der Waals surface area contributed by atoms with Gasteiger partial charge in [-0.05, 0) is 110 Å². The predicted molar refractivity (Wildman–Crippen MR) is 231 cm³/mol. The molecular weight excluding hydrogens is 637 g/mol. The van der Waals surface area contributed by atoms with Crippen molar-refractivity contribution in [3.8, 4) is 55.6 Å². The lowest BCUT2D eigenvalue weighted by Gasteiger charge is -2.33. The summed E-state index contributed by atoms with van der Waals surface area (Å²) in [6.45, 7) is 9.39. The molecule has 0 amide bonds. The van der Waals surface area contributed by atoms with Crippen LogP contribution in [0.4, 0.5) is 0 Å². The lowest BCUT2D eigenvalue weighted by Crippen LogP contribution is -2.25. The lowest BCUT2D eigenvalue weighted by molar-refractivity contribution is 0.401. The molecular formula is C53H58. The number of benzene rings is 6. The topological polar surface area (TPSA) is 0 Å². The largest absolute Gasteiger partial charge is 0.0654 e. The van der Waals surface area contributed by atoms with E-state index in [-0.39, 0.29) is 5.41 Å². The van der Waals surface area contributed by atoms with Crippen molar-refractivity contribution in [1.29, 1.82) is 0 Å². The van der Waals surface area contributed by atoms with Crippen molar-refractivity contribution in [1.82, 2.24) is 0 Å². The van der Waals surface area contributed by atoms with Crippen molar-refractivity contribution < 1.29 is 0 Å². The van der Waals surface area contributed by atoms with Gasteiger partial charge in [-0.3, -0.25) is 0 Å². The van der Waals surface area contributed by atoms with E-state index in [9.17, 15) is 0 Å². The molecule has 7 rings (SSSR count). The summed E-state index contributed by atoms with van der Waals surface area (Å²) in [6.07, 6.45) is 14.7. The van der Waals surface area contributed by atoms with Crippen molar-refractivity contribution in [2.24, 2.45) is 0 Å². The Morgan fingerprint density at radius 3 is 1.23 bits per heavy atom. The predicted octanol–water partition coefficient (Wildman–Crippen LogP) is 15.7. The summed E-state index contributed by atoms with van der Waals surface area (Å²) < 4.78 is 0. The summed E-state index contributed by atoms with van der Waals surface area (Å²) in [5.41, 5.74) is 19.8. The van der Waals surface area contributed by atoms with Crippen molar-refractivity contribution in [3.05, 3.63) is 156 Å². The fourth-order valence-corrected chi connectivity index (χ4v) is 9.63. The molecule has 0 bridgehead atoms. The second-order valence-electron chi connectivity index (χ2n) is 15.3. The fourth-order valence-electron chi connectivity index (χ4n) is 9.63. The van der Waals surface area contributed by atoms with E-state index in [1.807, 2.05) is 0 Å². The summed E-state index contributed by atoms with van der Waals surface area (Å²) in [7, 11) is 0. The standard InChI is InChI=1S/C53H58/c1-5-9-11-24-36-53(37-25-12-10-6-2)47-33-23-22-32-45(47)46-35-34-42(38-48(46)53)52-44(8-4)50(40-28-18-14-19-29-40)49(39-26-16-13-17-27-39)43(7-3)51(52)41-30-20-15-21-31-41/h13-23,26-35,38H,5-12,24-25,36-37H2,1-4H3. The quantitative estimate of drug-likeness (QED) is 0.0885. The monoisotopic (exact) mass is 694 g/mol. The second-order valence-corrected chi connectivity index (χ2v) is 15.3. The van der Waals surface area contributed by atoms with Gasteiger partial charge in [0.05, 0.1) is 0 Å². The van der Waals surface area contributed by atoms with Crippen LogP contribution >= 0.6 is 0 Å². The number of hydrogen-bond acceptors (Lipinski definition) is 0. The number of fused-ring (bicyclic) bond motifs is 3. The Hall–Kier alpha value is -4.68. The van der Waals surface area contributed by atoms with Gasteiger partial charge in [-0.15, -0.1) is 0 Å². The third kappa shape index (κ3) is 7.06. The molecule has 6 aromatic rings. The number of unbranched alkanes of at least 4 members (excludes halogenated alkanes) is 6. The molecule has 0 fully saturated rings. The average molecular weight is 695 g/mol. The maximum Gasteiger partial charge on any atom is 0.0215 e. The van der Waals surface area contributed by atoms with Crippen LogP contribution < -0.4 is 0 Å². The Balaban J connectivity index is 1.55. The fraction of sp³-hybridized carbons (Fsp3) is 0.321. The first-order valence-corrected chi connectivity index (χ1v) is 20.8. The Labute approximate surface area is 320 Å². The van der Waals surface area contributed by atoms with Crippen LogP contribution in [0.25, 0.3) is 55.6 Å². The van der Waals surface area contributed by atoms with E-state index < -0.39 is 0 Å². The van der Waals surface area contributed by atoms with Gasteiger partial charge in [0.25, 0.3) is 0 Å². The maximum absolute atomic E-state index is 2.67. The summed E-state index contributed by atoms with van der Waals surface area (Å²) in [4.78, 5) is 0. The van der Waals surface area contributed by atoms with Gasteiger partial charge in [-0.2, -0.15) is 0 Å². The van der Waals surface area contributed by atoms with Crippen LogP contribution in [0.3, 0.4) is 0 Å². The van der Waals surface area contributed by atoms with Gasteiger partial charge in [0.2, 0.25) is 0 Å². The highest BCUT2D eigenvalue weighted by atomic mass is 14.5. The first-order chi connectivity index (χ1) is 26.2. The van der Waals surface area contributed by atoms with E-state index in [1.54, 1.807) is 11.1 Å². The van der Waals surface area contributed by atoms with Gasteiger partial charge in [0, 0.05) is 5.41 Å². The Morgan fingerprint density at radius 1 is 0.358 bits per heavy atom.